The lowest BCUT2D eigenvalue weighted by Gasteiger charge is -2.36. The van der Waals surface area contributed by atoms with Gasteiger partial charge in [0.15, 0.2) is 0 Å². The number of hydrogen-bond acceptors (Lipinski definition) is 2. The first kappa shape index (κ1) is 16.0. The van der Waals surface area contributed by atoms with Crippen molar-refractivity contribution < 1.29 is 0 Å². The van der Waals surface area contributed by atoms with Crippen molar-refractivity contribution in [2.45, 2.75) is 84.2 Å². The molecule has 0 aromatic carbocycles. The summed E-state index contributed by atoms with van der Waals surface area (Å²) in [5, 5.41) is 0. The van der Waals surface area contributed by atoms with E-state index >= 15 is 0 Å². The lowest BCUT2D eigenvalue weighted by atomic mass is 9.99. The summed E-state index contributed by atoms with van der Waals surface area (Å²) in [6.45, 7) is 9.09. The first-order chi connectivity index (χ1) is 8.74. The maximum Gasteiger partial charge on any atom is 0.0138 e. The first-order valence-electron chi connectivity index (χ1n) is 8.20. The SMILES string of the molecule is CCCCCCC(C)N(CC)C1CCCC1CN. The predicted octanol–water partition coefficient (Wildman–Crippen LogP) is 3.79. The Morgan fingerprint density at radius 3 is 2.56 bits per heavy atom. The third-order valence-electron chi connectivity index (χ3n) is 4.75. The molecule has 108 valence electrons. The van der Waals surface area contributed by atoms with Crippen molar-refractivity contribution in [1.82, 2.24) is 4.90 Å². The van der Waals surface area contributed by atoms with E-state index in [-0.39, 0.29) is 0 Å². The smallest absolute Gasteiger partial charge is 0.0138 e. The zero-order valence-electron chi connectivity index (χ0n) is 12.8. The van der Waals surface area contributed by atoms with Crippen molar-refractivity contribution in [3.05, 3.63) is 0 Å². The fourth-order valence-electron chi connectivity index (χ4n) is 3.63. The highest BCUT2D eigenvalue weighted by Crippen LogP contribution is 2.31. The fourth-order valence-corrected chi connectivity index (χ4v) is 3.63. The largest absolute Gasteiger partial charge is 0.330 e. The van der Waals surface area contributed by atoms with Gasteiger partial charge in [-0.1, -0.05) is 46.0 Å². The van der Waals surface area contributed by atoms with E-state index in [0.717, 1.165) is 24.5 Å². The van der Waals surface area contributed by atoms with E-state index in [1.165, 1.54) is 57.9 Å². The topological polar surface area (TPSA) is 29.3 Å². The quantitative estimate of drug-likeness (QED) is 0.634. The van der Waals surface area contributed by atoms with Crippen LogP contribution in [0, 0.1) is 5.92 Å². The third-order valence-corrected chi connectivity index (χ3v) is 4.75. The Labute approximate surface area is 114 Å². The summed E-state index contributed by atoms with van der Waals surface area (Å²) in [6, 6.07) is 1.50. The highest BCUT2D eigenvalue weighted by molar-refractivity contribution is 4.87. The summed E-state index contributed by atoms with van der Waals surface area (Å²) >= 11 is 0. The molecule has 2 heteroatoms. The molecule has 1 rings (SSSR count). The minimum Gasteiger partial charge on any atom is -0.330 e. The molecule has 3 unspecified atom stereocenters. The van der Waals surface area contributed by atoms with Crippen LogP contribution in [-0.4, -0.2) is 30.1 Å². The van der Waals surface area contributed by atoms with Gasteiger partial charge in [0.2, 0.25) is 0 Å². The van der Waals surface area contributed by atoms with Crippen molar-refractivity contribution in [2.24, 2.45) is 11.7 Å². The lowest BCUT2D eigenvalue weighted by molar-refractivity contribution is 0.116. The summed E-state index contributed by atoms with van der Waals surface area (Å²) < 4.78 is 0. The van der Waals surface area contributed by atoms with Crippen LogP contribution in [-0.2, 0) is 0 Å². The van der Waals surface area contributed by atoms with Gasteiger partial charge in [0.1, 0.15) is 0 Å². The number of rotatable bonds is 9. The van der Waals surface area contributed by atoms with Crippen LogP contribution in [0.4, 0.5) is 0 Å². The maximum absolute atomic E-state index is 5.93. The van der Waals surface area contributed by atoms with Gasteiger partial charge in [-0.25, -0.2) is 0 Å². The van der Waals surface area contributed by atoms with Crippen LogP contribution < -0.4 is 5.73 Å². The van der Waals surface area contributed by atoms with Gasteiger partial charge >= 0.3 is 0 Å². The van der Waals surface area contributed by atoms with Gasteiger partial charge in [0.05, 0.1) is 0 Å². The van der Waals surface area contributed by atoms with Crippen molar-refractivity contribution in [3.8, 4) is 0 Å². The van der Waals surface area contributed by atoms with Crippen molar-refractivity contribution in [2.75, 3.05) is 13.1 Å². The molecule has 2 nitrogen and oxygen atoms in total. The normalized spacial score (nSPS) is 25.8. The van der Waals surface area contributed by atoms with Crippen LogP contribution in [0.15, 0.2) is 0 Å². The number of nitrogens with two attached hydrogens (primary N) is 1. The molecule has 0 amide bonds. The van der Waals surface area contributed by atoms with Gasteiger partial charge in [-0.3, -0.25) is 4.90 Å². The minimum atomic E-state index is 0.740. The molecule has 1 aliphatic carbocycles. The second-order valence-corrected chi connectivity index (χ2v) is 6.02. The molecule has 0 radical (unpaired) electrons. The average molecular weight is 254 g/mol. The molecule has 1 fully saturated rings. The highest BCUT2D eigenvalue weighted by atomic mass is 15.2. The predicted molar refractivity (Wildman–Crippen MR) is 80.8 cm³/mol. The lowest BCUT2D eigenvalue weighted by Crippen LogP contribution is -2.45. The minimum absolute atomic E-state index is 0.740. The Morgan fingerprint density at radius 1 is 1.17 bits per heavy atom. The van der Waals surface area contributed by atoms with Crippen LogP contribution in [0.3, 0.4) is 0 Å². The molecule has 0 bridgehead atoms. The van der Waals surface area contributed by atoms with Crippen LogP contribution in [0.1, 0.15) is 72.1 Å². The Bertz CT molecular complexity index is 205. The van der Waals surface area contributed by atoms with Gasteiger partial charge in [-0.05, 0) is 45.2 Å². The van der Waals surface area contributed by atoms with E-state index in [2.05, 4.69) is 25.7 Å². The molecule has 0 aromatic rings. The van der Waals surface area contributed by atoms with Crippen LogP contribution >= 0.6 is 0 Å². The van der Waals surface area contributed by atoms with E-state index in [9.17, 15) is 0 Å². The van der Waals surface area contributed by atoms with Gasteiger partial charge in [0.25, 0.3) is 0 Å². The number of hydrogen-bond donors (Lipinski definition) is 1. The molecular formula is C16H34N2. The molecule has 0 heterocycles. The standard InChI is InChI=1S/C16H34N2/c1-4-6-7-8-10-14(3)18(5-2)16-12-9-11-15(16)13-17/h14-16H,4-13,17H2,1-3H3. The number of unbranched alkanes of at least 4 members (excludes halogenated alkanes) is 3. The molecule has 0 aliphatic heterocycles. The number of nitrogens with zero attached hydrogens (tertiary/aromatic N) is 1. The molecule has 18 heavy (non-hydrogen) atoms. The Kier molecular flexibility index (Phi) is 7.92. The van der Waals surface area contributed by atoms with E-state index in [0.29, 0.717) is 0 Å². The monoisotopic (exact) mass is 254 g/mol. The van der Waals surface area contributed by atoms with Crippen molar-refractivity contribution in [1.29, 1.82) is 0 Å². The Hall–Kier alpha value is -0.0800. The molecule has 1 aliphatic rings. The fraction of sp³-hybridized carbons (Fsp3) is 1.00. The van der Waals surface area contributed by atoms with Gasteiger partial charge in [-0.2, -0.15) is 0 Å². The summed E-state index contributed by atoms with van der Waals surface area (Å²) in [4.78, 5) is 2.73. The van der Waals surface area contributed by atoms with Crippen LogP contribution in [0.25, 0.3) is 0 Å². The maximum atomic E-state index is 5.93. The summed E-state index contributed by atoms with van der Waals surface area (Å²) in [5.74, 6) is 0.753. The van der Waals surface area contributed by atoms with E-state index in [4.69, 9.17) is 5.73 Å². The van der Waals surface area contributed by atoms with Crippen LogP contribution in [0.5, 0.6) is 0 Å². The third kappa shape index (κ3) is 4.55. The summed E-state index contributed by atoms with van der Waals surface area (Å²) in [6.07, 6.45) is 11.0. The van der Waals surface area contributed by atoms with E-state index in [1.807, 2.05) is 0 Å². The van der Waals surface area contributed by atoms with Crippen molar-refractivity contribution >= 4 is 0 Å². The molecule has 3 atom stereocenters. The summed E-state index contributed by atoms with van der Waals surface area (Å²) in [7, 11) is 0. The molecule has 1 saturated carbocycles. The molecule has 0 aromatic heterocycles. The average Bonchev–Trinajstić information content (AvgIpc) is 2.84. The molecule has 0 spiro atoms. The second-order valence-electron chi connectivity index (χ2n) is 6.02. The molecule has 2 N–H and O–H groups in total. The second kappa shape index (κ2) is 8.92. The Balaban J connectivity index is 2.38. The van der Waals surface area contributed by atoms with Gasteiger partial charge < -0.3 is 5.73 Å². The van der Waals surface area contributed by atoms with E-state index < -0.39 is 0 Å². The zero-order valence-corrected chi connectivity index (χ0v) is 12.8. The molecular weight excluding hydrogens is 220 g/mol. The van der Waals surface area contributed by atoms with E-state index in [1.54, 1.807) is 0 Å². The first-order valence-corrected chi connectivity index (χ1v) is 8.20. The van der Waals surface area contributed by atoms with Crippen molar-refractivity contribution in [3.63, 3.8) is 0 Å². The Morgan fingerprint density at radius 2 is 1.94 bits per heavy atom. The zero-order chi connectivity index (χ0) is 13.4. The van der Waals surface area contributed by atoms with Gasteiger partial charge in [-0.15, -0.1) is 0 Å². The molecule has 0 saturated heterocycles. The van der Waals surface area contributed by atoms with Gasteiger partial charge in [0, 0.05) is 12.1 Å². The van der Waals surface area contributed by atoms with Crippen LogP contribution in [0.2, 0.25) is 0 Å². The highest BCUT2D eigenvalue weighted by Gasteiger charge is 2.32. The summed E-state index contributed by atoms with van der Waals surface area (Å²) in [5.41, 5.74) is 5.93.